The Morgan fingerprint density at radius 2 is 1.89 bits per heavy atom. The molecule has 6 heteroatoms. The van der Waals surface area contributed by atoms with Gasteiger partial charge in [-0.2, -0.15) is 5.10 Å². The maximum absolute atomic E-state index is 12.1. The van der Waals surface area contributed by atoms with Crippen LogP contribution in [0.1, 0.15) is 56.6 Å². The van der Waals surface area contributed by atoms with E-state index >= 15 is 0 Å². The zero-order chi connectivity index (χ0) is 19.7. The molecular weight excluding hydrogens is 352 g/mol. The van der Waals surface area contributed by atoms with E-state index in [0.717, 1.165) is 24.8 Å². The van der Waals surface area contributed by atoms with Crippen LogP contribution in [0.25, 0.3) is 0 Å². The summed E-state index contributed by atoms with van der Waals surface area (Å²) < 4.78 is 8.30. The second-order valence-electron chi connectivity index (χ2n) is 9.44. The number of hydrogen-bond donors (Lipinski definition) is 0. The van der Waals surface area contributed by atoms with E-state index in [9.17, 15) is 4.79 Å². The van der Waals surface area contributed by atoms with Gasteiger partial charge in [-0.25, -0.2) is 0 Å². The summed E-state index contributed by atoms with van der Waals surface area (Å²) in [6.45, 7) is 4.69. The van der Waals surface area contributed by atoms with Gasteiger partial charge in [0.25, 0.3) is 0 Å². The van der Waals surface area contributed by atoms with Crippen molar-refractivity contribution in [1.82, 2.24) is 19.6 Å². The molecule has 28 heavy (non-hydrogen) atoms. The summed E-state index contributed by atoms with van der Waals surface area (Å²) in [5.41, 5.74) is 1.18. The zero-order valence-electron chi connectivity index (χ0n) is 17.7. The van der Waals surface area contributed by atoms with Gasteiger partial charge in [0.2, 0.25) is 5.91 Å². The van der Waals surface area contributed by atoms with Crippen LogP contribution in [0.4, 0.5) is 0 Å². The molecule has 2 saturated carbocycles. The molecule has 1 saturated heterocycles. The molecule has 4 rings (SSSR count). The maximum Gasteiger partial charge on any atom is 0.248 e. The van der Waals surface area contributed by atoms with Gasteiger partial charge in [0, 0.05) is 39.4 Å². The monoisotopic (exact) mass is 388 g/mol. The van der Waals surface area contributed by atoms with Crippen LogP contribution < -0.4 is 0 Å². The minimum Gasteiger partial charge on any atom is -0.366 e. The quantitative estimate of drug-likeness (QED) is 0.778. The lowest BCUT2D eigenvalue weighted by atomic mass is 9.77. The Bertz CT molecular complexity index is 667. The van der Waals surface area contributed by atoms with Crippen molar-refractivity contribution in [2.45, 2.75) is 70.1 Å². The van der Waals surface area contributed by atoms with Crippen LogP contribution in [-0.2, 0) is 9.53 Å². The van der Waals surface area contributed by atoms with E-state index in [1.165, 1.54) is 50.8 Å². The minimum absolute atomic E-state index is 0.0350. The number of amides is 1. The van der Waals surface area contributed by atoms with Gasteiger partial charge < -0.3 is 9.64 Å². The normalized spacial score (nSPS) is 31.7. The number of aryl methyl sites for hydroxylation is 1. The van der Waals surface area contributed by atoms with Crippen molar-refractivity contribution >= 4 is 5.91 Å². The van der Waals surface area contributed by atoms with Gasteiger partial charge in [0.1, 0.15) is 6.61 Å². The molecule has 0 radical (unpaired) electrons. The van der Waals surface area contributed by atoms with Crippen LogP contribution >= 0.6 is 0 Å². The molecule has 1 aromatic rings. The second-order valence-corrected chi connectivity index (χ2v) is 9.44. The molecule has 2 heterocycles. The summed E-state index contributed by atoms with van der Waals surface area (Å²) in [6, 6.07) is 1.02. The van der Waals surface area contributed by atoms with Crippen LogP contribution in [0.2, 0.25) is 0 Å². The number of likely N-dealkylation sites (tertiary alicyclic amines) is 1. The molecule has 1 amide bonds. The van der Waals surface area contributed by atoms with E-state index in [4.69, 9.17) is 4.74 Å². The zero-order valence-corrected chi connectivity index (χ0v) is 17.7. The van der Waals surface area contributed by atoms with E-state index in [1.54, 1.807) is 19.0 Å². The molecule has 0 N–H and O–H groups in total. The number of nitrogens with zero attached hydrogens (tertiary/aromatic N) is 4. The summed E-state index contributed by atoms with van der Waals surface area (Å²) in [6.07, 6.45) is 13.2. The van der Waals surface area contributed by atoms with Gasteiger partial charge in [0.05, 0.1) is 18.3 Å². The fourth-order valence-corrected chi connectivity index (χ4v) is 5.55. The number of ether oxygens (including phenoxy) is 1. The summed E-state index contributed by atoms with van der Waals surface area (Å²) in [5, 5.41) is 4.60. The maximum atomic E-state index is 12.1. The number of rotatable bonds is 5. The third-order valence-corrected chi connectivity index (χ3v) is 7.19. The van der Waals surface area contributed by atoms with Crippen molar-refractivity contribution < 1.29 is 9.53 Å². The summed E-state index contributed by atoms with van der Waals surface area (Å²) in [7, 11) is 3.58. The summed E-state index contributed by atoms with van der Waals surface area (Å²) >= 11 is 0. The molecule has 3 aliphatic rings. The second kappa shape index (κ2) is 8.54. The van der Waals surface area contributed by atoms with Gasteiger partial charge in [-0.3, -0.25) is 14.4 Å². The molecule has 2 aliphatic carbocycles. The third kappa shape index (κ3) is 4.28. The number of carbonyl (C=O) groups is 1. The number of fused-ring (bicyclic) bond motifs is 1. The molecule has 1 aromatic heterocycles. The Morgan fingerprint density at radius 3 is 2.54 bits per heavy atom. The Labute approximate surface area is 169 Å². The van der Waals surface area contributed by atoms with Crippen LogP contribution in [0, 0.1) is 18.8 Å². The third-order valence-electron chi connectivity index (χ3n) is 7.19. The highest BCUT2D eigenvalue weighted by Crippen LogP contribution is 2.44. The smallest absolute Gasteiger partial charge is 0.248 e. The average molecular weight is 389 g/mol. The van der Waals surface area contributed by atoms with Crippen molar-refractivity contribution in [3.05, 3.63) is 18.0 Å². The molecule has 156 valence electrons. The van der Waals surface area contributed by atoms with Crippen LogP contribution in [-0.4, -0.2) is 71.4 Å². The fraction of sp³-hybridized carbons (Fsp3) is 0.818. The predicted octanol–water partition coefficient (Wildman–Crippen LogP) is 2.88. The SMILES string of the molecule is Cc1cnn([C@H]2C[C@H]3CN(C4CCCCC4)C[C@H]3C[C@@H]2OCC(=O)N(C)C)c1. The standard InChI is InChI=1S/C22H36N4O2/c1-16-11-23-26(12-16)20-9-17-13-25(19-7-5-4-6-8-19)14-18(17)10-21(20)28-15-22(27)24(2)3/h11-12,17-21H,4-10,13-15H2,1-3H3/t17-,18+,20-,21-/m0/s1. The topological polar surface area (TPSA) is 50.6 Å². The Hall–Kier alpha value is -1.40. The molecule has 3 fully saturated rings. The molecule has 6 nitrogen and oxygen atoms in total. The summed E-state index contributed by atoms with van der Waals surface area (Å²) in [5.74, 6) is 1.45. The molecule has 0 aromatic carbocycles. The van der Waals surface area contributed by atoms with Crippen molar-refractivity contribution in [2.24, 2.45) is 11.8 Å². The fourth-order valence-electron chi connectivity index (χ4n) is 5.55. The van der Waals surface area contributed by atoms with Crippen molar-refractivity contribution in [3.63, 3.8) is 0 Å². The first-order valence-electron chi connectivity index (χ1n) is 11.1. The molecule has 0 unspecified atom stereocenters. The van der Waals surface area contributed by atoms with Crippen LogP contribution in [0.3, 0.4) is 0 Å². The van der Waals surface area contributed by atoms with E-state index < -0.39 is 0 Å². The van der Waals surface area contributed by atoms with Gasteiger partial charge in [-0.05, 0) is 50.0 Å². The molecule has 1 aliphatic heterocycles. The highest BCUT2D eigenvalue weighted by Gasteiger charge is 2.45. The first-order valence-corrected chi connectivity index (χ1v) is 11.1. The highest BCUT2D eigenvalue weighted by atomic mass is 16.5. The average Bonchev–Trinajstić information content (AvgIpc) is 3.31. The number of carbonyl (C=O) groups excluding carboxylic acids is 1. The van der Waals surface area contributed by atoms with E-state index in [0.29, 0.717) is 5.92 Å². The van der Waals surface area contributed by atoms with Gasteiger partial charge in [-0.1, -0.05) is 19.3 Å². The minimum atomic E-state index is 0.0350. The number of likely N-dealkylation sites (N-methyl/N-ethyl adjacent to an activating group) is 1. The lowest BCUT2D eigenvalue weighted by Gasteiger charge is -2.38. The molecule has 0 spiro atoms. The Balaban J connectivity index is 1.46. The van der Waals surface area contributed by atoms with E-state index in [2.05, 4.69) is 27.8 Å². The first-order chi connectivity index (χ1) is 13.5. The van der Waals surface area contributed by atoms with Crippen LogP contribution in [0.5, 0.6) is 0 Å². The summed E-state index contributed by atoms with van der Waals surface area (Å²) in [4.78, 5) is 16.5. The van der Waals surface area contributed by atoms with Gasteiger partial charge in [0.15, 0.2) is 0 Å². The molecule has 0 bridgehead atoms. The molecule has 4 atom stereocenters. The van der Waals surface area contributed by atoms with E-state index in [-0.39, 0.29) is 24.7 Å². The number of hydrogen-bond acceptors (Lipinski definition) is 4. The van der Waals surface area contributed by atoms with Crippen molar-refractivity contribution in [3.8, 4) is 0 Å². The van der Waals surface area contributed by atoms with Gasteiger partial charge in [-0.15, -0.1) is 0 Å². The van der Waals surface area contributed by atoms with Gasteiger partial charge >= 0.3 is 0 Å². The van der Waals surface area contributed by atoms with Crippen molar-refractivity contribution in [2.75, 3.05) is 33.8 Å². The predicted molar refractivity (Wildman–Crippen MR) is 109 cm³/mol. The Morgan fingerprint density at radius 1 is 1.18 bits per heavy atom. The largest absolute Gasteiger partial charge is 0.366 e. The van der Waals surface area contributed by atoms with Crippen LogP contribution in [0.15, 0.2) is 12.4 Å². The Kier molecular flexibility index (Phi) is 6.07. The lowest BCUT2D eigenvalue weighted by molar-refractivity contribution is -0.138. The number of aromatic nitrogens is 2. The van der Waals surface area contributed by atoms with Crippen molar-refractivity contribution in [1.29, 1.82) is 0 Å². The highest BCUT2D eigenvalue weighted by molar-refractivity contribution is 5.76. The molecular formula is C22H36N4O2. The first kappa shape index (κ1) is 19.9. The lowest BCUT2D eigenvalue weighted by Crippen LogP contribution is -2.40. The van der Waals surface area contributed by atoms with E-state index in [1.807, 2.05) is 6.20 Å².